The van der Waals surface area contributed by atoms with Crippen LogP contribution in [0.25, 0.3) is 11.0 Å². The molecule has 1 atom stereocenters. The van der Waals surface area contributed by atoms with Gasteiger partial charge >= 0.3 is 0 Å². The summed E-state index contributed by atoms with van der Waals surface area (Å²) in [5, 5.41) is 0.453. The van der Waals surface area contributed by atoms with Crippen molar-refractivity contribution in [3.05, 3.63) is 93.2 Å². The van der Waals surface area contributed by atoms with Gasteiger partial charge in [0.2, 0.25) is 5.76 Å². The Labute approximate surface area is 202 Å². The fraction of sp³-hybridized carbons (Fsp3) is 0.286. The van der Waals surface area contributed by atoms with E-state index in [0.29, 0.717) is 47.0 Å². The molecule has 0 saturated heterocycles. The lowest BCUT2D eigenvalue weighted by atomic mass is 9.97. The van der Waals surface area contributed by atoms with Gasteiger partial charge in [-0.05, 0) is 62.2 Å². The van der Waals surface area contributed by atoms with Crippen LogP contribution in [-0.2, 0) is 6.54 Å². The summed E-state index contributed by atoms with van der Waals surface area (Å²) in [7, 11) is 0. The normalized spacial score (nSPS) is 15.0. The summed E-state index contributed by atoms with van der Waals surface area (Å²) in [6.45, 7) is 7.05. The van der Waals surface area contributed by atoms with Gasteiger partial charge in [-0.2, -0.15) is 0 Å². The van der Waals surface area contributed by atoms with Crippen LogP contribution in [0.1, 0.15) is 59.3 Å². The Morgan fingerprint density at radius 2 is 1.86 bits per heavy atom. The topological polar surface area (TPSA) is 82.1 Å². The van der Waals surface area contributed by atoms with Crippen molar-refractivity contribution in [1.29, 1.82) is 0 Å². The maximum Gasteiger partial charge on any atom is 0.291 e. The van der Waals surface area contributed by atoms with Crippen LogP contribution in [0, 0.1) is 6.92 Å². The van der Waals surface area contributed by atoms with E-state index in [-0.39, 0.29) is 23.6 Å². The van der Waals surface area contributed by atoms with E-state index < -0.39 is 6.04 Å². The van der Waals surface area contributed by atoms with E-state index in [9.17, 15) is 9.59 Å². The second kappa shape index (κ2) is 9.33. The van der Waals surface area contributed by atoms with Gasteiger partial charge in [-0.25, -0.2) is 0 Å². The number of fused-ring (bicyclic) bond motifs is 2. The summed E-state index contributed by atoms with van der Waals surface area (Å²) in [5.41, 5.74) is 2.17. The Hall–Kier alpha value is -4.00. The molecule has 0 saturated carbocycles. The molecule has 2 aromatic carbocycles. The minimum atomic E-state index is -0.664. The van der Waals surface area contributed by atoms with Crippen molar-refractivity contribution >= 4 is 16.9 Å². The molecular formula is C28H27NO6. The van der Waals surface area contributed by atoms with Crippen LogP contribution in [0.4, 0.5) is 0 Å². The first-order chi connectivity index (χ1) is 17.0. The number of rotatable bonds is 8. The number of carbonyl (C=O) groups is 1. The molecule has 0 aliphatic carbocycles. The van der Waals surface area contributed by atoms with E-state index in [1.165, 1.54) is 0 Å². The smallest absolute Gasteiger partial charge is 0.291 e. The number of furan rings is 1. The molecular weight excluding hydrogens is 446 g/mol. The molecule has 2 aromatic heterocycles. The minimum absolute atomic E-state index is 0.0622. The predicted molar refractivity (Wildman–Crippen MR) is 131 cm³/mol. The van der Waals surface area contributed by atoms with E-state index in [4.69, 9.17) is 18.3 Å². The second-order valence-electron chi connectivity index (χ2n) is 8.58. The van der Waals surface area contributed by atoms with Crippen molar-refractivity contribution in [3.63, 3.8) is 0 Å². The van der Waals surface area contributed by atoms with Gasteiger partial charge in [-0.15, -0.1) is 0 Å². The van der Waals surface area contributed by atoms with Gasteiger partial charge in [0.25, 0.3) is 5.91 Å². The summed E-state index contributed by atoms with van der Waals surface area (Å²) in [6, 6.07) is 13.8. The molecule has 0 radical (unpaired) electrons. The molecule has 180 valence electrons. The Balaban J connectivity index is 1.69. The van der Waals surface area contributed by atoms with Crippen molar-refractivity contribution in [3.8, 4) is 11.5 Å². The van der Waals surface area contributed by atoms with E-state index >= 15 is 0 Å². The monoisotopic (exact) mass is 473 g/mol. The molecule has 0 spiro atoms. The number of ether oxygens (including phenoxy) is 2. The van der Waals surface area contributed by atoms with Crippen LogP contribution >= 0.6 is 0 Å². The van der Waals surface area contributed by atoms with Gasteiger partial charge in [-0.1, -0.05) is 24.6 Å². The van der Waals surface area contributed by atoms with Crippen molar-refractivity contribution in [2.45, 2.75) is 39.8 Å². The SMILES string of the molecule is CCCOc1ccc([C@@H]2c3c(oc4ccc(C)cc4c3=O)C(=O)N2Cc2ccco2)cc1OCC. The minimum Gasteiger partial charge on any atom is -0.490 e. The third-order valence-electron chi connectivity index (χ3n) is 6.07. The van der Waals surface area contributed by atoms with Crippen LogP contribution in [0.2, 0.25) is 0 Å². The lowest BCUT2D eigenvalue weighted by molar-refractivity contribution is 0.0701. The molecule has 3 heterocycles. The summed E-state index contributed by atoms with van der Waals surface area (Å²) in [6.07, 6.45) is 2.42. The van der Waals surface area contributed by atoms with Crippen molar-refractivity contribution < 1.29 is 23.1 Å². The highest BCUT2D eigenvalue weighted by atomic mass is 16.5. The zero-order valence-electron chi connectivity index (χ0n) is 20.0. The highest BCUT2D eigenvalue weighted by Gasteiger charge is 2.43. The number of amides is 1. The van der Waals surface area contributed by atoms with Gasteiger partial charge < -0.3 is 23.2 Å². The first-order valence-corrected chi connectivity index (χ1v) is 11.8. The van der Waals surface area contributed by atoms with E-state index in [1.807, 2.05) is 45.0 Å². The fourth-order valence-electron chi connectivity index (χ4n) is 4.51. The van der Waals surface area contributed by atoms with Gasteiger partial charge in [0, 0.05) is 0 Å². The lowest BCUT2D eigenvalue weighted by Gasteiger charge is -2.25. The zero-order valence-corrected chi connectivity index (χ0v) is 20.0. The quantitative estimate of drug-likeness (QED) is 0.330. The average Bonchev–Trinajstić information content (AvgIpc) is 3.46. The number of hydrogen-bond acceptors (Lipinski definition) is 6. The van der Waals surface area contributed by atoms with Crippen LogP contribution in [-0.4, -0.2) is 24.0 Å². The van der Waals surface area contributed by atoms with Crippen LogP contribution in [0.5, 0.6) is 11.5 Å². The van der Waals surface area contributed by atoms with Gasteiger partial charge in [0.05, 0.1) is 43.0 Å². The van der Waals surface area contributed by atoms with Crippen LogP contribution < -0.4 is 14.9 Å². The third kappa shape index (κ3) is 4.07. The molecule has 7 heteroatoms. The molecule has 5 rings (SSSR count). The first kappa shape index (κ1) is 22.8. The maximum atomic E-state index is 13.8. The second-order valence-corrected chi connectivity index (χ2v) is 8.58. The lowest BCUT2D eigenvalue weighted by Crippen LogP contribution is -2.29. The Kier molecular flexibility index (Phi) is 6.07. The number of hydrogen-bond donors (Lipinski definition) is 0. The van der Waals surface area contributed by atoms with Crippen molar-refractivity contribution in [1.82, 2.24) is 4.90 Å². The molecule has 1 amide bonds. The average molecular weight is 474 g/mol. The van der Waals surface area contributed by atoms with Gasteiger partial charge in [-0.3, -0.25) is 9.59 Å². The van der Waals surface area contributed by atoms with E-state index in [0.717, 1.165) is 17.5 Å². The first-order valence-electron chi connectivity index (χ1n) is 11.8. The third-order valence-corrected chi connectivity index (χ3v) is 6.07. The van der Waals surface area contributed by atoms with Crippen LogP contribution in [0.15, 0.2) is 68.4 Å². The number of nitrogens with zero attached hydrogens (tertiary/aromatic N) is 1. The summed E-state index contributed by atoms with van der Waals surface area (Å²) >= 11 is 0. The molecule has 0 bridgehead atoms. The summed E-state index contributed by atoms with van der Waals surface area (Å²) in [4.78, 5) is 28.9. The molecule has 1 aliphatic heterocycles. The largest absolute Gasteiger partial charge is 0.490 e. The number of benzene rings is 2. The van der Waals surface area contributed by atoms with Crippen molar-refractivity contribution in [2.75, 3.05) is 13.2 Å². The maximum absolute atomic E-state index is 13.8. The highest BCUT2D eigenvalue weighted by molar-refractivity contribution is 5.99. The molecule has 4 aromatic rings. The molecule has 35 heavy (non-hydrogen) atoms. The Morgan fingerprint density at radius 1 is 1.00 bits per heavy atom. The fourth-order valence-corrected chi connectivity index (χ4v) is 4.51. The van der Waals surface area contributed by atoms with Gasteiger partial charge in [0.15, 0.2) is 16.9 Å². The van der Waals surface area contributed by atoms with Crippen LogP contribution in [0.3, 0.4) is 0 Å². The highest BCUT2D eigenvalue weighted by Crippen LogP contribution is 2.42. The molecule has 0 unspecified atom stereocenters. The van der Waals surface area contributed by atoms with E-state index in [1.54, 1.807) is 35.4 Å². The summed E-state index contributed by atoms with van der Waals surface area (Å²) < 4.78 is 23.3. The Bertz CT molecular complexity index is 1440. The standard InChI is InChI=1S/C28H27NO6/c1-4-12-34-22-11-9-18(15-23(22)32-5-2)25-24-26(30)20-14-17(3)8-10-21(20)35-27(24)28(31)29(25)16-19-7-6-13-33-19/h6-11,13-15,25H,4-5,12,16H2,1-3H3/t25-/m1/s1. The van der Waals surface area contributed by atoms with Crippen molar-refractivity contribution in [2.24, 2.45) is 0 Å². The molecule has 0 N–H and O–H groups in total. The number of aryl methyl sites for hydroxylation is 1. The number of carbonyl (C=O) groups excluding carboxylic acids is 1. The van der Waals surface area contributed by atoms with E-state index in [2.05, 4.69) is 0 Å². The molecule has 7 nitrogen and oxygen atoms in total. The molecule has 0 fully saturated rings. The Morgan fingerprint density at radius 3 is 2.60 bits per heavy atom. The predicted octanol–water partition coefficient (Wildman–Crippen LogP) is 5.63. The zero-order chi connectivity index (χ0) is 24.5. The summed E-state index contributed by atoms with van der Waals surface area (Å²) in [5.74, 6) is 1.51. The molecule has 1 aliphatic rings. The van der Waals surface area contributed by atoms with Gasteiger partial charge in [0.1, 0.15) is 11.3 Å².